The molecule has 2 aliphatic carbocycles. The summed E-state index contributed by atoms with van der Waals surface area (Å²) in [6.45, 7) is 3.05. The van der Waals surface area contributed by atoms with Gasteiger partial charge in [-0.25, -0.2) is 9.97 Å². The van der Waals surface area contributed by atoms with Gasteiger partial charge in [0.15, 0.2) is 11.6 Å². The number of amides is 2. The third-order valence-electron chi connectivity index (χ3n) is 13.1. The Morgan fingerprint density at radius 1 is 0.789 bits per heavy atom. The number of carbonyl (C=O) groups excluding carboxylic acids is 2. The summed E-state index contributed by atoms with van der Waals surface area (Å²) in [5.74, 6) is -0.975. The molecule has 0 saturated heterocycles. The summed E-state index contributed by atoms with van der Waals surface area (Å²) in [7, 11) is 3.65. The van der Waals surface area contributed by atoms with Crippen LogP contribution in [0.3, 0.4) is 0 Å². The van der Waals surface area contributed by atoms with E-state index in [-0.39, 0.29) is 40.3 Å². The molecule has 302 valence electrons. The number of hydrogen-bond acceptors (Lipinski definition) is 9. The average Bonchev–Trinajstić information content (AvgIpc) is 3.96. The Kier molecular flexibility index (Phi) is 10.7. The minimum atomic E-state index is -0.636. The fourth-order valence-electron chi connectivity index (χ4n) is 9.71. The number of aromatic nitrogens is 4. The van der Waals surface area contributed by atoms with Gasteiger partial charge in [0.05, 0.1) is 57.5 Å². The number of anilines is 2. The van der Waals surface area contributed by atoms with E-state index in [0.29, 0.717) is 48.6 Å². The Hall–Kier alpha value is -4.31. The number of imidazole rings is 2. The van der Waals surface area contributed by atoms with Crippen molar-refractivity contribution in [2.75, 3.05) is 43.5 Å². The molecule has 0 spiro atoms. The highest BCUT2D eigenvalue weighted by Crippen LogP contribution is 2.63. The molecule has 0 radical (unpaired) electrons. The summed E-state index contributed by atoms with van der Waals surface area (Å²) >= 11 is 13.9. The van der Waals surface area contributed by atoms with Gasteiger partial charge in [0.2, 0.25) is 0 Å². The zero-order valence-corrected chi connectivity index (χ0v) is 33.7. The number of nitrogens with one attached hydrogen (secondary N) is 2. The minimum Gasteiger partial charge on any atom is -0.481 e. The Morgan fingerprint density at radius 3 is 1.82 bits per heavy atom. The second-order valence-corrected chi connectivity index (χ2v) is 17.1. The molecule has 8 rings (SSSR count). The van der Waals surface area contributed by atoms with Crippen LogP contribution in [0.5, 0.6) is 0 Å². The summed E-state index contributed by atoms with van der Waals surface area (Å²) in [5, 5.41) is 35.5. The number of benzene rings is 2. The minimum absolute atomic E-state index is 0.123. The molecule has 4 aliphatic rings. The van der Waals surface area contributed by atoms with Crippen molar-refractivity contribution < 1.29 is 29.7 Å². The largest absolute Gasteiger partial charge is 0.481 e. The smallest absolute Gasteiger partial charge is 0.309 e. The lowest BCUT2D eigenvalue weighted by molar-refractivity contribution is -0.148. The molecule has 2 fully saturated rings. The van der Waals surface area contributed by atoms with E-state index >= 15 is 0 Å². The van der Waals surface area contributed by atoms with E-state index in [4.69, 9.17) is 28.2 Å². The van der Waals surface area contributed by atoms with Gasteiger partial charge >= 0.3 is 5.97 Å². The summed E-state index contributed by atoms with van der Waals surface area (Å²) in [6.07, 6.45) is 6.68. The zero-order valence-electron chi connectivity index (χ0n) is 32.2. The van der Waals surface area contributed by atoms with Crippen LogP contribution < -0.4 is 10.6 Å². The van der Waals surface area contributed by atoms with E-state index in [2.05, 4.69) is 20.5 Å². The number of fused-ring (bicyclic) bond motifs is 4. The third kappa shape index (κ3) is 7.14. The number of aliphatic hydroxyl groups is 2. The first-order valence-electron chi connectivity index (χ1n) is 19.6. The van der Waals surface area contributed by atoms with Crippen LogP contribution >= 0.6 is 23.2 Å². The fourth-order valence-corrected chi connectivity index (χ4v) is 10.3. The maximum Gasteiger partial charge on any atom is 0.309 e. The first-order chi connectivity index (χ1) is 27.4. The molecule has 14 nitrogen and oxygen atoms in total. The van der Waals surface area contributed by atoms with Crippen LogP contribution in [0.15, 0.2) is 36.4 Å². The predicted octanol–water partition coefficient (Wildman–Crippen LogP) is 5.13. The van der Waals surface area contributed by atoms with Gasteiger partial charge in [-0.05, 0) is 62.6 Å². The lowest BCUT2D eigenvalue weighted by atomic mass is 9.80. The maximum atomic E-state index is 13.7. The SMILES string of the molecule is Cn1c(C(=O)Nc2cccc(-c3cccc(NC(=O)c4nc5c(n4C)CCN(C(CO)CO)C5)c3Cl)c2Cl)nc2c1CCN(CCC13CCC(C(=O)O)(CC1)C3)C2. The molecule has 4 aromatic rings. The standard InChI is InChI=1S/C41H48Cl2N8O6/c1-48-31-9-16-50(18-15-40-11-13-41(23-40,14-12-40)39(56)57)19-29(31)44-35(48)37(54)46-27-7-3-5-25(33(27)42)26-6-4-8-28(34(26)43)47-38(55)36-45-30-20-51(24(21-52)22-53)17-10-32(30)49(36)2/h3-8,24,52-53H,9-23H2,1-2H3,(H,46,54)(H,47,55)(H,56,57). The number of nitrogens with zero attached hydrogens (tertiary/aromatic N) is 6. The third-order valence-corrected chi connectivity index (χ3v) is 14.0. The number of hydrogen-bond donors (Lipinski definition) is 5. The highest BCUT2D eigenvalue weighted by atomic mass is 35.5. The average molecular weight is 820 g/mol. The van der Waals surface area contributed by atoms with Gasteiger partial charge in [-0.15, -0.1) is 0 Å². The molecule has 2 aliphatic heterocycles. The number of aliphatic carboxylic acids is 1. The molecule has 2 aromatic carbocycles. The van der Waals surface area contributed by atoms with Gasteiger partial charge < -0.3 is 35.1 Å². The van der Waals surface area contributed by atoms with Crippen molar-refractivity contribution >= 4 is 52.4 Å². The molecule has 0 atom stereocenters. The molecule has 16 heteroatoms. The van der Waals surface area contributed by atoms with Crippen LogP contribution in [-0.2, 0) is 44.8 Å². The first-order valence-corrected chi connectivity index (χ1v) is 20.3. The Morgan fingerprint density at radius 2 is 1.32 bits per heavy atom. The summed E-state index contributed by atoms with van der Waals surface area (Å²) in [4.78, 5) is 53.0. The van der Waals surface area contributed by atoms with E-state index in [0.717, 1.165) is 80.8 Å². The van der Waals surface area contributed by atoms with Crippen molar-refractivity contribution in [3.8, 4) is 11.1 Å². The molecule has 5 N–H and O–H groups in total. The number of carbonyl (C=O) groups is 3. The Balaban J connectivity index is 0.939. The van der Waals surface area contributed by atoms with Crippen LogP contribution in [0, 0.1) is 10.8 Å². The van der Waals surface area contributed by atoms with Gasteiger partial charge in [0, 0.05) is 75.6 Å². The number of rotatable bonds is 12. The number of aliphatic hydroxyl groups excluding tert-OH is 2. The maximum absolute atomic E-state index is 13.7. The van der Waals surface area contributed by atoms with Crippen molar-refractivity contribution in [2.45, 2.75) is 70.5 Å². The van der Waals surface area contributed by atoms with Crippen molar-refractivity contribution in [2.24, 2.45) is 24.9 Å². The van der Waals surface area contributed by atoms with Crippen molar-refractivity contribution in [3.63, 3.8) is 0 Å². The van der Waals surface area contributed by atoms with E-state index < -0.39 is 29.2 Å². The van der Waals surface area contributed by atoms with E-state index in [1.54, 1.807) is 48.0 Å². The second kappa shape index (κ2) is 15.5. The quantitative estimate of drug-likeness (QED) is 0.129. The lowest BCUT2D eigenvalue weighted by Gasteiger charge is -2.32. The normalized spacial score (nSPS) is 21.8. The Labute approximate surface area is 340 Å². The van der Waals surface area contributed by atoms with Crippen LogP contribution in [0.25, 0.3) is 11.1 Å². The van der Waals surface area contributed by atoms with Crippen molar-refractivity contribution in [1.82, 2.24) is 28.9 Å². The highest BCUT2D eigenvalue weighted by Gasteiger charge is 2.57. The monoisotopic (exact) mass is 818 g/mol. The van der Waals surface area contributed by atoms with Gasteiger partial charge in [-0.2, -0.15) is 0 Å². The zero-order chi connectivity index (χ0) is 40.2. The highest BCUT2D eigenvalue weighted by molar-refractivity contribution is 6.40. The number of carboxylic acids is 1. The van der Waals surface area contributed by atoms with Crippen LogP contribution in [-0.4, -0.2) is 101 Å². The molecule has 2 aromatic heterocycles. The van der Waals surface area contributed by atoms with Gasteiger partial charge in [0.25, 0.3) is 11.8 Å². The van der Waals surface area contributed by atoms with Gasteiger partial charge in [0.1, 0.15) is 0 Å². The van der Waals surface area contributed by atoms with Gasteiger partial charge in [-0.3, -0.25) is 24.2 Å². The molecular formula is C41H48Cl2N8O6. The van der Waals surface area contributed by atoms with Crippen LogP contribution in [0.4, 0.5) is 11.4 Å². The van der Waals surface area contributed by atoms with Crippen LogP contribution in [0.2, 0.25) is 10.0 Å². The van der Waals surface area contributed by atoms with Gasteiger partial charge in [-0.1, -0.05) is 47.5 Å². The molecule has 0 unspecified atom stereocenters. The lowest BCUT2D eigenvalue weighted by Crippen LogP contribution is -2.43. The van der Waals surface area contributed by atoms with Crippen molar-refractivity contribution in [3.05, 3.63) is 80.9 Å². The molecule has 2 amide bonds. The molecule has 4 heterocycles. The van der Waals surface area contributed by atoms with E-state index in [1.807, 2.05) is 16.5 Å². The summed E-state index contributed by atoms with van der Waals surface area (Å²) < 4.78 is 3.62. The van der Waals surface area contributed by atoms with Crippen molar-refractivity contribution in [1.29, 1.82) is 0 Å². The Bertz CT molecular complexity index is 2240. The number of halogens is 2. The summed E-state index contributed by atoms with van der Waals surface area (Å²) in [5.41, 5.74) is 5.00. The predicted molar refractivity (Wildman–Crippen MR) is 215 cm³/mol. The van der Waals surface area contributed by atoms with E-state index in [1.165, 1.54) is 0 Å². The van der Waals surface area contributed by atoms with E-state index in [9.17, 15) is 29.7 Å². The molecule has 2 bridgehead atoms. The number of carboxylic acid groups (broad SMARTS) is 1. The summed E-state index contributed by atoms with van der Waals surface area (Å²) in [6, 6.07) is 10.1. The molecule has 57 heavy (non-hydrogen) atoms. The topological polar surface area (TPSA) is 178 Å². The molecular weight excluding hydrogens is 771 g/mol. The first kappa shape index (κ1) is 39.5. The second-order valence-electron chi connectivity index (χ2n) is 16.3. The fraction of sp³-hybridized carbons (Fsp3) is 0.488. The molecule has 2 saturated carbocycles. The van der Waals surface area contributed by atoms with Crippen LogP contribution in [0.1, 0.15) is 82.5 Å².